The normalized spacial score (nSPS) is 18.7. The lowest BCUT2D eigenvalue weighted by atomic mass is 9.66. The van der Waals surface area contributed by atoms with Crippen LogP contribution in [0, 0.1) is 0 Å². The molecule has 2 N–H and O–H groups in total. The highest BCUT2D eigenvalue weighted by Crippen LogP contribution is 2.46. The maximum absolute atomic E-state index is 3.77. The smallest absolute Gasteiger partial charge is 0.0401 e. The van der Waals surface area contributed by atoms with Crippen molar-refractivity contribution in [2.45, 2.75) is 102 Å². The Labute approximate surface area is 292 Å². The largest absolute Gasteiger partial charge is 0.389 e. The lowest BCUT2D eigenvalue weighted by molar-refractivity contribution is 0.512. The van der Waals surface area contributed by atoms with E-state index in [9.17, 15) is 0 Å². The lowest BCUT2D eigenvalue weighted by Crippen LogP contribution is -2.30. The Hall–Kier alpha value is -3.66. The number of nitrogens with zero attached hydrogens (tertiary/aromatic N) is 2. The van der Waals surface area contributed by atoms with Crippen molar-refractivity contribution in [1.82, 2.24) is 10.6 Å². The van der Waals surface area contributed by atoms with Crippen LogP contribution in [0.3, 0.4) is 0 Å². The summed E-state index contributed by atoms with van der Waals surface area (Å²) in [6.07, 6.45) is 19.4. The van der Waals surface area contributed by atoms with Gasteiger partial charge in [-0.05, 0) is 85.0 Å². The second kappa shape index (κ2) is 16.6. The van der Waals surface area contributed by atoms with Gasteiger partial charge in [0.2, 0.25) is 0 Å². The predicted molar refractivity (Wildman–Crippen MR) is 208 cm³/mol. The molecule has 2 fully saturated rings. The molecule has 5 rings (SSSR count). The van der Waals surface area contributed by atoms with Crippen molar-refractivity contribution in [3.8, 4) is 0 Å². The fraction of sp³-hybridized carbons (Fsp3) is 0.500. The fourth-order valence-corrected chi connectivity index (χ4v) is 7.96. The molecule has 0 bridgehead atoms. The van der Waals surface area contributed by atoms with Gasteiger partial charge in [0.05, 0.1) is 0 Å². The molecule has 2 aliphatic heterocycles. The lowest BCUT2D eigenvalue weighted by Gasteiger charge is -2.37. The van der Waals surface area contributed by atoms with Crippen LogP contribution in [0.4, 0.5) is 11.4 Å². The Morgan fingerprint density at radius 1 is 0.562 bits per heavy atom. The summed E-state index contributed by atoms with van der Waals surface area (Å²) in [5, 5.41) is 7.54. The van der Waals surface area contributed by atoms with E-state index in [1.54, 1.807) is 0 Å². The molecular weight excluding hydrogens is 585 g/mol. The minimum absolute atomic E-state index is 0.217. The van der Waals surface area contributed by atoms with E-state index in [1.165, 1.54) is 96.4 Å². The molecule has 4 nitrogen and oxygen atoms in total. The van der Waals surface area contributed by atoms with E-state index >= 15 is 0 Å². The van der Waals surface area contributed by atoms with Gasteiger partial charge in [-0.2, -0.15) is 0 Å². The molecule has 2 heterocycles. The van der Waals surface area contributed by atoms with Crippen LogP contribution >= 0.6 is 0 Å². The molecule has 0 aromatic heterocycles. The second-order valence-corrected chi connectivity index (χ2v) is 14.7. The highest BCUT2D eigenvalue weighted by molar-refractivity contribution is 5.56. The number of hydrogen-bond acceptors (Lipinski definition) is 4. The topological polar surface area (TPSA) is 30.5 Å². The van der Waals surface area contributed by atoms with Gasteiger partial charge in [0.15, 0.2) is 0 Å². The SMILES string of the molecule is CCCCCC(/C=C1\CCCN1)(c1ccc(N(C)C)cc1)c1cccc(C(/C=C2\CCCN2)(CCCCC)c2ccc(N(C)C)cc2)c1. The number of benzene rings is 3. The zero-order chi connectivity index (χ0) is 34.0. The van der Waals surface area contributed by atoms with Gasteiger partial charge in [-0.25, -0.2) is 0 Å². The average Bonchev–Trinajstić information content (AvgIpc) is 3.82. The van der Waals surface area contributed by atoms with Crippen molar-refractivity contribution in [3.63, 3.8) is 0 Å². The van der Waals surface area contributed by atoms with Gasteiger partial charge in [0.1, 0.15) is 0 Å². The van der Waals surface area contributed by atoms with Gasteiger partial charge in [0, 0.05) is 74.9 Å². The monoisotopic (exact) mass is 646 g/mol. The minimum Gasteiger partial charge on any atom is -0.389 e. The van der Waals surface area contributed by atoms with E-state index in [0.29, 0.717) is 0 Å². The predicted octanol–water partition coefficient (Wildman–Crippen LogP) is 10.1. The molecule has 258 valence electrons. The summed E-state index contributed by atoms with van der Waals surface area (Å²) < 4.78 is 0. The standard InChI is InChI=1S/C44H62N4/c1-7-9-11-28-43(33-39-18-14-30-45-39,35-20-24-41(25-21-35)47(3)4)37-16-13-17-38(32-37)44(29-12-10-8-2,34-40-19-15-31-46-40)36-22-26-42(27-23-36)48(5)6/h13,16-17,20-27,32-34,45-46H,7-12,14-15,18-19,28-31H2,1-6H3/b39-33+,40-34+. The summed E-state index contributed by atoms with van der Waals surface area (Å²) >= 11 is 0. The Morgan fingerprint density at radius 2 is 0.979 bits per heavy atom. The van der Waals surface area contributed by atoms with Crippen LogP contribution in [0.2, 0.25) is 0 Å². The fourth-order valence-electron chi connectivity index (χ4n) is 7.96. The van der Waals surface area contributed by atoms with E-state index < -0.39 is 0 Å². The van der Waals surface area contributed by atoms with Crippen LogP contribution in [-0.2, 0) is 10.8 Å². The molecule has 3 aromatic rings. The molecule has 2 aliphatic rings. The van der Waals surface area contributed by atoms with Crippen LogP contribution in [-0.4, -0.2) is 41.3 Å². The zero-order valence-electron chi connectivity index (χ0n) is 30.9. The van der Waals surface area contributed by atoms with Crippen LogP contribution in [0.5, 0.6) is 0 Å². The molecule has 4 heteroatoms. The number of unbranched alkanes of at least 4 members (excludes halogenated alkanes) is 4. The highest BCUT2D eigenvalue weighted by Gasteiger charge is 2.37. The third-order valence-corrected chi connectivity index (χ3v) is 10.8. The summed E-state index contributed by atoms with van der Waals surface area (Å²) in [7, 11) is 8.53. The summed E-state index contributed by atoms with van der Waals surface area (Å²) in [5.74, 6) is 0. The first-order valence-electron chi connectivity index (χ1n) is 18.9. The Balaban J connectivity index is 1.75. The summed E-state index contributed by atoms with van der Waals surface area (Å²) in [6, 6.07) is 28.7. The van der Waals surface area contributed by atoms with Gasteiger partial charge in [0.25, 0.3) is 0 Å². The van der Waals surface area contributed by atoms with Crippen molar-refractivity contribution in [2.75, 3.05) is 51.1 Å². The third kappa shape index (κ3) is 8.13. The van der Waals surface area contributed by atoms with Gasteiger partial charge in [-0.1, -0.05) is 113 Å². The quantitative estimate of drug-likeness (QED) is 0.152. The van der Waals surface area contributed by atoms with Crippen molar-refractivity contribution < 1.29 is 0 Å². The summed E-state index contributed by atoms with van der Waals surface area (Å²) in [4.78, 5) is 4.41. The molecule has 0 spiro atoms. The number of anilines is 2. The maximum Gasteiger partial charge on any atom is 0.0401 e. The van der Waals surface area contributed by atoms with Crippen LogP contribution < -0.4 is 20.4 Å². The van der Waals surface area contributed by atoms with E-state index in [-0.39, 0.29) is 10.8 Å². The number of nitrogens with one attached hydrogen (secondary N) is 2. The van der Waals surface area contributed by atoms with Crippen molar-refractivity contribution in [1.29, 1.82) is 0 Å². The van der Waals surface area contributed by atoms with Crippen molar-refractivity contribution >= 4 is 11.4 Å². The molecule has 2 unspecified atom stereocenters. The highest BCUT2D eigenvalue weighted by atomic mass is 15.1. The zero-order valence-corrected chi connectivity index (χ0v) is 30.9. The first-order chi connectivity index (χ1) is 23.3. The molecule has 2 saturated heterocycles. The molecule has 48 heavy (non-hydrogen) atoms. The minimum atomic E-state index is -0.217. The molecule has 0 radical (unpaired) electrons. The third-order valence-electron chi connectivity index (χ3n) is 10.8. The molecule has 3 aromatic carbocycles. The molecule has 0 saturated carbocycles. The Morgan fingerprint density at radius 3 is 1.31 bits per heavy atom. The number of hydrogen-bond donors (Lipinski definition) is 2. The van der Waals surface area contributed by atoms with Gasteiger partial charge < -0.3 is 20.4 Å². The number of rotatable bonds is 16. The molecule has 0 amide bonds. The Kier molecular flexibility index (Phi) is 12.4. The maximum atomic E-state index is 3.77. The van der Waals surface area contributed by atoms with Gasteiger partial charge >= 0.3 is 0 Å². The van der Waals surface area contributed by atoms with Crippen LogP contribution in [0.15, 0.2) is 96.3 Å². The first-order valence-corrected chi connectivity index (χ1v) is 18.9. The average molecular weight is 647 g/mol. The van der Waals surface area contributed by atoms with E-state index in [0.717, 1.165) is 38.8 Å². The number of allylic oxidation sites excluding steroid dienone is 4. The second-order valence-electron chi connectivity index (χ2n) is 14.7. The van der Waals surface area contributed by atoms with E-state index in [2.05, 4.69) is 147 Å². The van der Waals surface area contributed by atoms with Gasteiger partial charge in [-0.3, -0.25) is 0 Å². The van der Waals surface area contributed by atoms with Crippen molar-refractivity contribution in [3.05, 3.63) is 119 Å². The molecular formula is C44H62N4. The van der Waals surface area contributed by atoms with E-state index in [4.69, 9.17) is 0 Å². The molecule has 0 aliphatic carbocycles. The van der Waals surface area contributed by atoms with Crippen molar-refractivity contribution in [2.24, 2.45) is 0 Å². The van der Waals surface area contributed by atoms with Gasteiger partial charge in [-0.15, -0.1) is 0 Å². The Bertz CT molecular complexity index is 1370. The first kappa shape index (κ1) is 35.6. The van der Waals surface area contributed by atoms with E-state index in [1.807, 2.05) is 0 Å². The molecule has 2 atom stereocenters. The van der Waals surface area contributed by atoms with Crippen LogP contribution in [0.1, 0.15) is 113 Å². The summed E-state index contributed by atoms with van der Waals surface area (Å²) in [6.45, 7) is 6.78. The summed E-state index contributed by atoms with van der Waals surface area (Å²) in [5.41, 5.74) is 10.5. The van der Waals surface area contributed by atoms with Crippen LogP contribution in [0.25, 0.3) is 0 Å².